The Bertz CT molecular complexity index is 221. The second-order valence-electron chi connectivity index (χ2n) is 1.93. The van der Waals surface area contributed by atoms with E-state index in [1.165, 1.54) is 0 Å². The summed E-state index contributed by atoms with van der Waals surface area (Å²) in [6.45, 7) is 2.92. The van der Waals surface area contributed by atoms with Gasteiger partial charge in [0, 0.05) is 0 Å². The Morgan fingerprint density at radius 3 is 1.25 bits per heavy atom. The van der Waals surface area contributed by atoms with Crippen LogP contribution in [0.2, 0.25) is 0 Å². The molecule has 0 bridgehead atoms. The molecule has 0 aliphatic carbocycles. The summed E-state index contributed by atoms with van der Waals surface area (Å²) in [6, 6.07) is 0. The summed E-state index contributed by atoms with van der Waals surface area (Å²) < 4.78 is 0. The molecule has 7 heteroatoms. The summed E-state index contributed by atoms with van der Waals surface area (Å²) in [5.41, 5.74) is -5.01. The Balaban J connectivity index is 5.33. The largest absolute Gasteiger partial charge is 0.484 e. The monoisotopic (exact) mass is 190 g/mol. The van der Waals surface area contributed by atoms with Gasteiger partial charge in [0.05, 0.1) is 0 Å². The molecule has 0 aliphatic rings. The molecule has 0 rings (SSSR count). The van der Waals surface area contributed by atoms with E-state index in [1.807, 2.05) is 0 Å². The predicted octanol–water partition coefficient (Wildman–Crippen LogP) is 0.940. The molecule has 0 fully saturated rings. The minimum Gasteiger partial charge on any atom is -0.484 e. The smallest absolute Gasteiger partial charge is 0.452 e. The van der Waals surface area contributed by atoms with E-state index in [0.717, 1.165) is 0 Å². The summed E-state index contributed by atoms with van der Waals surface area (Å²) >= 11 is 0. The van der Waals surface area contributed by atoms with Crippen LogP contribution in [0.15, 0.2) is 12.3 Å². The molecule has 0 saturated heterocycles. The van der Waals surface area contributed by atoms with Crippen LogP contribution in [0.25, 0.3) is 0 Å². The van der Waals surface area contributed by atoms with Crippen LogP contribution in [-0.4, -0.2) is 40.2 Å². The van der Waals surface area contributed by atoms with Crippen molar-refractivity contribution in [3.8, 4) is 0 Å². The van der Waals surface area contributed by atoms with Gasteiger partial charge in [-0.25, -0.2) is 0 Å². The average molecular weight is 190 g/mol. The van der Waals surface area contributed by atoms with Crippen molar-refractivity contribution in [1.29, 1.82) is 0 Å². The molecule has 12 heavy (non-hydrogen) atoms. The summed E-state index contributed by atoms with van der Waals surface area (Å²) in [5.74, 6) is 0. The highest BCUT2D eigenvalue weighted by atomic mass is 28.3. The highest BCUT2D eigenvalue weighted by Crippen LogP contribution is 2.08. The zero-order valence-corrected chi connectivity index (χ0v) is 6.85. The summed E-state index contributed by atoms with van der Waals surface area (Å²) in [6.07, 6.45) is 0. The van der Waals surface area contributed by atoms with Crippen LogP contribution >= 0.6 is 0 Å². The van der Waals surface area contributed by atoms with Gasteiger partial charge in [0.2, 0.25) is 0 Å². The van der Waals surface area contributed by atoms with Crippen molar-refractivity contribution in [2.24, 2.45) is 0 Å². The first-order valence-corrected chi connectivity index (χ1v) is 4.81. The Morgan fingerprint density at radius 1 is 1.00 bits per heavy atom. The van der Waals surface area contributed by atoms with Crippen molar-refractivity contribution in [2.75, 3.05) is 0 Å². The zero-order chi connectivity index (χ0) is 9.94. The summed E-state index contributed by atoms with van der Waals surface area (Å²) in [4.78, 5) is 31.1. The molecule has 6 nitrogen and oxygen atoms in total. The SMILES string of the molecule is C=C[Si](C(=O)O)(C(=O)O)C(=O)O. The van der Waals surface area contributed by atoms with Crippen LogP contribution in [0.5, 0.6) is 0 Å². The highest BCUT2D eigenvalue weighted by molar-refractivity contribution is 7.40. The maximum atomic E-state index is 10.4. The van der Waals surface area contributed by atoms with Crippen molar-refractivity contribution in [3.05, 3.63) is 12.3 Å². The first-order valence-electron chi connectivity index (χ1n) is 2.73. The Labute approximate surface area is 67.8 Å². The Kier molecular flexibility index (Phi) is 2.74. The van der Waals surface area contributed by atoms with Crippen molar-refractivity contribution in [2.45, 2.75) is 0 Å². The maximum absolute atomic E-state index is 10.4. The fourth-order valence-electron chi connectivity index (χ4n) is 0.536. The number of carboxylic acid groups (broad SMARTS) is 3. The molecule has 0 amide bonds. The molecular weight excluding hydrogens is 184 g/mol. The fraction of sp³-hybridized carbons (Fsp3) is 0. The highest BCUT2D eigenvalue weighted by Gasteiger charge is 2.57. The fourth-order valence-corrected chi connectivity index (χ4v) is 1.61. The van der Waals surface area contributed by atoms with E-state index in [0.29, 0.717) is 5.70 Å². The molecule has 0 aromatic rings. The molecule has 0 atom stereocenters. The Hall–Kier alpha value is -1.63. The van der Waals surface area contributed by atoms with E-state index in [-0.39, 0.29) is 0 Å². The van der Waals surface area contributed by atoms with Crippen LogP contribution in [0, 0.1) is 0 Å². The van der Waals surface area contributed by atoms with Crippen molar-refractivity contribution >= 4 is 24.9 Å². The van der Waals surface area contributed by atoms with E-state index in [4.69, 9.17) is 15.3 Å². The van der Waals surface area contributed by atoms with Crippen LogP contribution in [0.4, 0.5) is 14.4 Å². The topological polar surface area (TPSA) is 112 Å². The van der Waals surface area contributed by atoms with Crippen molar-refractivity contribution in [3.63, 3.8) is 0 Å². The van der Waals surface area contributed by atoms with Gasteiger partial charge in [-0.3, -0.25) is 14.4 Å². The van der Waals surface area contributed by atoms with Gasteiger partial charge < -0.3 is 15.3 Å². The molecular formula is C5H6O6Si. The molecule has 66 valence electrons. The van der Waals surface area contributed by atoms with Crippen molar-refractivity contribution in [1.82, 2.24) is 0 Å². The van der Waals surface area contributed by atoms with Gasteiger partial charge in [-0.1, -0.05) is 5.70 Å². The second-order valence-corrected chi connectivity index (χ2v) is 5.24. The second kappa shape index (κ2) is 3.18. The van der Waals surface area contributed by atoms with Crippen LogP contribution < -0.4 is 0 Å². The number of carbonyl (C=O) groups is 3. The average Bonchev–Trinajstić information content (AvgIpc) is 1.86. The molecule has 0 unspecified atom stereocenters. The van der Waals surface area contributed by atoms with Crippen LogP contribution in [-0.2, 0) is 0 Å². The van der Waals surface area contributed by atoms with E-state index in [2.05, 4.69) is 6.58 Å². The van der Waals surface area contributed by atoms with Gasteiger partial charge in [-0.2, -0.15) is 0 Å². The molecule has 0 aromatic heterocycles. The van der Waals surface area contributed by atoms with Crippen molar-refractivity contribution < 1.29 is 29.7 Å². The minimum atomic E-state index is -4.49. The molecule has 0 heterocycles. The predicted molar refractivity (Wildman–Crippen MR) is 40.0 cm³/mol. The third kappa shape index (κ3) is 1.21. The molecule has 0 aromatic carbocycles. The van der Waals surface area contributed by atoms with Gasteiger partial charge in [-0.05, 0) is 0 Å². The Morgan fingerprint density at radius 2 is 1.25 bits per heavy atom. The lowest BCUT2D eigenvalue weighted by atomic mass is 11.3. The molecule has 0 spiro atoms. The normalized spacial score (nSPS) is 10.3. The molecule has 0 saturated carbocycles. The third-order valence-corrected chi connectivity index (χ3v) is 3.95. The number of hydrogen-bond acceptors (Lipinski definition) is 3. The summed E-state index contributed by atoms with van der Waals surface area (Å²) in [7, 11) is -4.49. The minimum absolute atomic E-state index is 0.500. The molecule has 3 N–H and O–H groups in total. The maximum Gasteiger partial charge on any atom is 0.452 e. The lowest BCUT2D eigenvalue weighted by Gasteiger charge is -2.10. The number of rotatable bonds is 4. The number of hydrogen-bond donors (Lipinski definition) is 3. The molecule has 0 aliphatic heterocycles. The van der Waals surface area contributed by atoms with Gasteiger partial charge >= 0.3 is 24.9 Å². The van der Waals surface area contributed by atoms with E-state index < -0.39 is 24.9 Å². The quantitative estimate of drug-likeness (QED) is 0.568. The summed E-state index contributed by atoms with van der Waals surface area (Å²) in [5, 5.41) is 25.2. The van der Waals surface area contributed by atoms with Gasteiger partial charge in [-0.15, -0.1) is 6.58 Å². The first kappa shape index (κ1) is 10.4. The van der Waals surface area contributed by atoms with Gasteiger partial charge in [0.25, 0.3) is 0 Å². The van der Waals surface area contributed by atoms with Gasteiger partial charge in [0.1, 0.15) is 0 Å². The van der Waals surface area contributed by atoms with Gasteiger partial charge in [0.15, 0.2) is 0 Å². The zero-order valence-electron chi connectivity index (χ0n) is 5.85. The van der Waals surface area contributed by atoms with Crippen LogP contribution in [0.3, 0.4) is 0 Å². The first-order chi connectivity index (χ1) is 5.39. The van der Waals surface area contributed by atoms with E-state index >= 15 is 0 Å². The lowest BCUT2D eigenvalue weighted by molar-refractivity contribution is 0.202. The molecule has 0 radical (unpaired) electrons. The van der Waals surface area contributed by atoms with E-state index in [9.17, 15) is 14.4 Å². The van der Waals surface area contributed by atoms with Crippen LogP contribution in [0.1, 0.15) is 0 Å². The lowest BCUT2D eigenvalue weighted by Crippen LogP contribution is -2.56. The standard InChI is InChI=1S/C5H6O6Si/c1-2-12(3(6)7,4(8)9)5(10)11/h2H,1H2,(H,6,7)(H,8,9)(H,10,11). The van der Waals surface area contributed by atoms with E-state index in [1.54, 1.807) is 0 Å². The third-order valence-electron chi connectivity index (χ3n) is 1.32.